The molecule has 1 aliphatic rings. The van der Waals surface area contributed by atoms with Gasteiger partial charge in [-0.05, 0) is 5.56 Å². The molecule has 3 heteroatoms. The minimum atomic E-state index is 0.0775. The lowest BCUT2D eigenvalue weighted by molar-refractivity contribution is -0.0112. The van der Waals surface area contributed by atoms with E-state index in [0.717, 1.165) is 6.61 Å². The monoisotopic (exact) mass is 208 g/mol. The van der Waals surface area contributed by atoms with Crippen molar-refractivity contribution < 1.29 is 14.2 Å². The predicted molar refractivity (Wildman–Crippen MR) is 56.6 cm³/mol. The molecule has 0 aromatic heterocycles. The Labute approximate surface area is 90.0 Å². The molecule has 0 unspecified atom stereocenters. The van der Waals surface area contributed by atoms with E-state index in [1.807, 2.05) is 18.2 Å². The molecule has 82 valence electrons. The van der Waals surface area contributed by atoms with Gasteiger partial charge < -0.3 is 14.2 Å². The first-order valence-electron chi connectivity index (χ1n) is 5.16. The standard InChI is InChI=1S/C12H16O3/c1-13-11(12-9-15-12)8-14-7-10-5-3-2-4-6-10/h2-6,11-12H,7-9H2,1H3/t11-,12+/m0/s1. The zero-order valence-electron chi connectivity index (χ0n) is 8.89. The van der Waals surface area contributed by atoms with E-state index in [1.54, 1.807) is 7.11 Å². The Hall–Kier alpha value is -0.900. The van der Waals surface area contributed by atoms with Crippen LogP contribution in [0.2, 0.25) is 0 Å². The number of methoxy groups -OCH3 is 1. The largest absolute Gasteiger partial charge is 0.376 e. The fourth-order valence-corrected chi connectivity index (χ4v) is 1.46. The van der Waals surface area contributed by atoms with Crippen LogP contribution in [0.4, 0.5) is 0 Å². The minimum absolute atomic E-state index is 0.0775. The molecule has 1 fully saturated rings. The quantitative estimate of drug-likeness (QED) is 0.665. The Morgan fingerprint density at radius 2 is 2.13 bits per heavy atom. The first kappa shape index (κ1) is 10.6. The van der Waals surface area contributed by atoms with Gasteiger partial charge in [0.1, 0.15) is 12.2 Å². The van der Waals surface area contributed by atoms with E-state index in [0.29, 0.717) is 13.2 Å². The first-order valence-corrected chi connectivity index (χ1v) is 5.16. The molecule has 0 radical (unpaired) electrons. The van der Waals surface area contributed by atoms with Gasteiger partial charge in [0.05, 0.1) is 19.8 Å². The Morgan fingerprint density at radius 3 is 2.73 bits per heavy atom. The molecule has 1 aliphatic heterocycles. The van der Waals surface area contributed by atoms with Crippen molar-refractivity contribution in [3.05, 3.63) is 35.9 Å². The summed E-state index contributed by atoms with van der Waals surface area (Å²) in [6.45, 7) is 2.02. The van der Waals surface area contributed by atoms with Crippen molar-refractivity contribution in [2.45, 2.75) is 18.8 Å². The van der Waals surface area contributed by atoms with Crippen molar-refractivity contribution in [3.63, 3.8) is 0 Å². The third kappa shape index (κ3) is 3.30. The van der Waals surface area contributed by atoms with Gasteiger partial charge in [0, 0.05) is 7.11 Å². The van der Waals surface area contributed by atoms with Crippen molar-refractivity contribution in [1.29, 1.82) is 0 Å². The highest BCUT2D eigenvalue weighted by Gasteiger charge is 2.32. The number of epoxide rings is 1. The van der Waals surface area contributed by atoms with Gasteiger partial charge >= 0.3 is 0 Å². The molecule has 1 aromatic carbocycles. The second kappa shape index (κ2) is 5.26. The molecule has 15 heavy (non-hydrogen) atoms. The van der Waals surface area contributed by atoms with Crippen LogP contribution in [0.25, 0.3) is 0 Å². The van der Waals surface area contributed by atoms with Gasteiger partial charge in [-0.15, -0.1) is 0 Å². The summed E-state index contributed by atoms with van der Waals surface area (Å²) in [4.78, 5) is 0. The van der Waals surface area contributed by atoms with E-state index < -0.39 is 0 Å². The maximum absolute atomic E-state index is 5.57. The van der Waals surface area contributed by atoms with E-state index in [2.05, 4.69) is 12.1 Å². The van der Waals surface area contributed by atoms with Crippen LogP contribution in [0, 0.1) is 0 Å². The molecule has 0 saturated carbocycles. The summed E-state index contributed by atoms with van der Waals surface area (Å²) in [6.07, 6.45) is 0.319. The van der Waals surface area contributed by atoms with Crippen molar-refractivity contribution in [3.8, 4) is 0 Å². The smallest absolute Gasteiger partial charge is 0.109 e. The maximum Gasteiger partial charge on any atom is 0.109 e. The third-order valence-corrected chi connectivity index (χ3v) is 2.47. The highest BCUT2D eigenvalue weighted by atomic mass is 16.6. The van der Waals surface area contributed by atoms with Gasteiger partial charge in [-0.3, -0.25) is 0 Å². The molecule has 2 rings (SSSR count). The van der Waals surface area contributed by atoms with Crippen LogP contribution in [0.1, 0.15) is 5.56 Å². The maximum atomic E-state index is 5.57. The Kier molecular flexibility index (Phi) is 3.72. The molecule has 1 heterocycles. The lowest BCUT2D eigenvalue weighted by Gasteiger charge is -2.12. The number of hydrogen-bond acceptors (Lipinski definition) is 3. The van der Waals surface area contributed by atoms with E-state index >= 15 is 0 Å². The van der Waals surface area contributed by atoms with Crippen molar-refractivity contribution in [2.24, 2.45) is 0 Å². The zero-order valence-corrected chi connectivity index (χ0v) is 8.89. The van der Waals surface area contributed by atoms with E-state index in [9.17, 15) is 0 Å². The molecule has 0 spiro atoms. The molecule has 1 saturated heterocycles. The van der Waals surface area contributed by atoms with Gasteiger partial charge in [0.25, 0.3) is 0 Å². The molecular formula is C12H16O3. The molecule has 0 aliphatic carbocycles. The van der Waals surface area contributed by atoms with E-state index in [1.165, 1.54) is 5.56 Å². The van der Waals surface area contributed by atoms with Crippen molar-refractivity contribution in [1.82, 2.24) is 0 Å². The minimum Gasteiger partial charge on any atom is -0.376 e. The average molecular weight is 208 g/mol. The summed E-state index contributed by atoms with van der Waals surface area (Å²) in [5.74, 6) is 0. The Balaban J connectivity index is 1.69. The summed E-state index contributed by atoms with van der Waals surface area (Å²) in [6, 6.07) is 10.1. The SMILES string of the molecule is CO[C@@H](COCc1ccccc1)[C@H]1CO1. The molecule has 2 atom stereocenters. The van der Waals surface area contributed by atoms with E-state index in [4.69, 9.17) is 14.2 Å². The molecular weight excluding hydrogens is 192 g/mol. The molecule has 0 bridgehead atoms. The fourth-order valence-electron chi connectivity index (χ4n) is 1.46. The molecule has 0 amide bonds. The van der Waals surface area contributed by atoms with Gasteiger partial charge in [-0.1, -0.05) is 30.3 Å². The van der Waals surface area contributed by atoms with Crippen LogP contribution in [-0.4, -0.2) is 32.5 Å². The second-order valence-corrected chi connectivity index (χ2v) is 3.65. The van der Waals surface area contributed by atoms with Crippen LogP contribution in [0.3, 0.4) is 0 Å². The van der Waals surface area contributed by atoms with Crippen LogP contribution in [0.5, 0.6) is 0 Å². The predicted octanol–water partition coefficient (Wildman–Crippen LogP) is 1.62. The van der Waals surface area contributed by atoms with Gasteiger partial charge in [-0.2, -0.15) is 0 Å². The fraction of sp³-hybridized carbons (Fsp3) is 0.500. The lowest BCUT2D eigenvalue weighted by Crippen LogP contribution is -2.24. The summed E-state index contributed by atoms with van der Waals surface area (Å²) >= 11 is 0. The molecule has 3 nitrogen and oxygen atoms in total. The van der Waals surface area contributed by atoms with Gasteiger partial charge in [-0.25, -0.2) is 0 Å². The summed E-state index contributed by atoms with van der Waals surface area (Å²) in [5.41, 5.74) is 1.18. The van der Waals surface area contributed by atoms with Gasteiger partial charge in [0.2, 0.25) is 0 Å². The van der Waals surface area contributed by atoms with E-state index in [-0.39, 0.29) is 12.2 Å². The second-order valence-electron chi connectivity index (χ2n) is 3.65. The van der Waals surface area contributed by atoms with Crippen LogP contribution in [0.15, 0.2) is 30.3 Å². The Morgan fingerprint density at radius 1 is 1.40 bits per heavy atom. The first-order chi connectivity index (χ1) is 7.40. The number of rotatable bonds is 6. The summed E-state index contributed by atoms with van der Waals surface area (Å²) in [5, 5.41) is 0. The van der Waals surface area contributed by atoms with Gasteiger partial charge in [0.15, 0.2) is 0 Å². The summed E-state index contributed by atoms with van der Waals surface area (Å²) in [7, 11) is 1.69. The average Bonchev–Trinajstić information content (AvgIpc) is 3.10. The van der Waals surface area contributed by atoms with Crippen LogP contribution in [-0.2, 0) is 20.8 Å². The number of ether oxygens (including phenoxy) is 3. The van der Waals surface area contributed by atoms with Crippen molar-refractivity contribution in [2.75, 3.05) is 20.3 Å². The molecule has 1 aromatic rings. The number of hydrogen-bond donors (Lipinski definition) is 0. The summed E-state index contributed by atoms with van der Waals surface area (Å²) < 4.78 is 16.0. The highest BCUT2D eigenvalue weighted by Crippen LogP contribution is 2.17. The molecule has 0 N–H and O–H groups in total. The third-order valence-electron chi connectivity index (χ3n) is 2.47. The highest BCUT2D eigenvalue weighted by molar-refractivity contribution is 5.13. The normalized spacial score (nSPS) is 21.3. The topological polar surface area (TPSA) is 31.0 Å². The number of benzene rings is 1. The lowest BCUT2D eigenvalue weighted by atomic mass is 10.2. The zero-order chi connectivity index (χ0) is 10.5. The van der Waals surface area contributed by atoms with Crippen LogP contribution < -0.4 is 0 Å². The van der Waals surface area contributed by atoms with Crippen molar-refractivity contribution >= 4 is 0 Å². The Bertz CT molecular complexity index is 282. The van der Waals surface area contributed by atoms with Crippen LogP contribution >= 0.6 is 0 Å².